The van der Waals surface area contributed by atoms with Crippen molar-refractivity contribution in [3.63, 3.8) is 0 Å². The molecule has 172 valence electrons. The van der Waals surface area contributed by atoms with Crippen molar-refractivity contribution in [2.24, 2.45) is 0 Å². The van der Waals surface area contributed by atoms with Gasteiger partial charge in [-0.1, -0.05) is 37.3 Å². The second kappa shape index (κ2) is 10.3. The maximum absolute atomic E-state index is 12.6. The first-order chi connectivity index (χ1) is 15.7. The minimum atomic E-state index is -1.26. The quantitative estimate of drug-likeness (QED) is 0.437. The molecule has 1 atom stereocenters. The van der Waals surface area contributed by atoms with Crippen molar-refractivity contribution < 1.29 is 14.7 Å². The Bertz CT molecular complexity index is 1170. The maximum atomic E-state index is 12.6. The van der Waals surface area contributed by atoms with E-state index in [4.69, 9.17) is 5.73 Å². The number of aromatic nitrogens is 1. The van der Waals surface area contributed by atoms with Crippen LogP contribution in [-0.2, 0) is 11.2 Å². The Labute approximate surface area is 194 Å². The summed E-state index contributed by atoms with van der Waals surface area (Å²) in [5.41, 5.74) is 10.9. The molecule has 0 saturated carbocycles. The van der Waals surface area contributed by atoms with Crippen molar-refractivity contribution in [1.29, 1.82) is 0 Å². The number of aliphatic hydroxyl groups is 1. The number of nitrogens with zero attached hydrogens (tertiary/aromatic N) is 1. The third-order valence-corrected chi connectivity index (χ3v) is 5.31. The van der Waals surface area contributed by atoms with Crippen molar-refractivity contribution in [3.8, 4) is 11.1 Å². The van der Waals surface area contributed by atoms with E-state index >= 15 is 0 Å². The zero-order valence-corrected chi connectivity index (χ0v) is 19.3. The van der Waals surface area contributed by atoms with Crippen molar-refractivity contribution >= 4 is 23.3 Å². The smallest absolute Gasteiger partial charge is 0.257 e. The number of nitrogens with one attached hydrogen (secondary N) is 2. The number of rotatable bonds is 7. The summed E-state index contributed by atoms with van der Waals surface area (Å²) < 4.78 is 0. The summed E-state index contributed by atoms with van der Waals surface area (Å²) in [5, 5.41) is 16.1. The summed E-state index contributed by atoms with van der Waals surface area (Å²) in [5.74, 6) is -0.615. The number of nitrogens with two attached hydrogens (primary N) is 1. The lowest BCUT2D eigenvalue weighted by molar-refractivity contribution is -0.124. The number of amides is 2. The van der Waals surface area contributed by atoms with Crippen LogP contribution in [0.2, 0.25) is 0 Å². The van der Waals surface area contributed by atoms with Gasteiger partial charge in [0.15, 0.2) is 6.10 Å². The van der Waals surface area contributed by atoms with Gasteiger partial charge in [-0.05, 0) is 67.6 Å². The fourth-order valence-corrected chi connectivity index (χ4v) is 3.55. The summed E-state index contributed by atoms with van der Waals surface area (Å²) in [6.45, 7) is 7.67. The largest absolute Gasteiger partial charge is 0.383 e. The zero-order valence-electron chi connectivity index (χ0n) is 19.3. The van der Waals surface area contributed by atoms with E-state index in [0.29, 0.717) is 16.8 Å². The molecular weight excluding hydrogens is 416 g/mol. The van der Waals surface area contributed by atoms with E-state index in [1.54, 1.807) is 24.4 Å². The number of aryl methyl sites for hydroxylation is 2. The number of aliphatic hydroxyl groups excluding tert-OH is 1. The summed E-state index contributed by atoms with van der Waals surface area (Å²) >= 11 is 0. The normalized spacial score (nSPS) is 11.8. The molecule has 0 radical (unpaired) electrons. The van der Waals surface area contributed by atoms with Gasteiger partial charge in [-0.3, -0.25) is 9.59 Å². The fraction of sp³-hybridized carbons (Fsp3) is 0.269. The molecule has 0 aliphatic heterocycles. The molecule has 0 unspecified atom stereocenters. The van der Waals surface area contributed by atoms with Gasteiger partial charge < -0.3 is 21.5 Å². The van der Waals surface area contributed by atoms with E-state index in [0.717, 1.165) is 28.7 Å². The Morgan fingerprint density at radius 1 is 1.12 bits per heavy atom. The summed E-state index contributed by atoms with van der Waals surface area (Å²) in [4.78, 5) is 29.2. The van der Waals surface area contributed by atoms with Crippen LogP contribution in [0.25, 0.3) is 11.1 Å². The number of benzene rings is 2. The van der Waals surface area contributed by atoms with Gasteiger partial charge in [-0.25, -0.2) is 4.98 Å². The zero-order chi connectivity index (χ0) is 24.1. The lowest BCUT2D eigenvalue weighted by Crippen LogP contribution is -2.30. The third-order valence-electron chi connectivity index (χ3n) is 5.31. The first-order valence-electron chi connectivity index (χ1n) is 10.9. The van der Waals surface area contributed by atoms with Crippen LogP contribution >= 0.6 is 0 Å². The number of hydrogen-bond acceptors (Lipinski definition) is 5. The van der Waals surface area contributed by atoms with Crippen LogP contribution in [-0.4, -0.2) is 27.9 Å². The van der Waals surface area contributed by atoms with Crippen LogP contribution in [0.3, 0.4) is 0 Å². The summed E-state index contributed by atoms with van der Waals surface area (Å²) in [7, 11) is 0. The van der Waals surface area contributed by atoms with Crippen LogP contribution in [0.15, 0.2) is 54.7 Å². The van der Waals surface area contributed by atoms with Crippen LogP contribution in [0.1, 0.15) is 53.9 Å². The van der Waals surface area contributed by atoms with E-state index in [2.05, 4.69) is 15.6 Å². The molecule has 1 heterocycles. The lowest BCUT2D eigenvalue weighted by Gasteiger charge is -2.15. The maximum Gasteiger partial charge on any atom is 0.257 e. The summed E-state index contributed by atoms with van der Waals surface area (Å²) in [6, 6.07) is 14.5. The Kier molecular flexibility index (Phi) is 7.45. The minimum Gasteiger partial charge on any atom is -0.383 e. The van der Waals surface area contributed by atoms with Crippen LogP contribution in [0.5, 0.6) is 0 Å². The topological polar surface area (TPSA) is 117 Å². The van der Waals surface area contributed by atoms with Gasteiger partial charge in [0.2, 0.25) is 0 Å². The van der Waals surface area contributed by atoms with Crippen molar-refractivity contribution in [2.45, 2.75) is 46.3 Å². The molecule has 0 aliphatic rings. The van der Waals surface area contributed by atoms with E-state index < -0.39 is 12.0 Å². The molecule has 0 spiro atoms. The van der Waals surface area contributed by atoms with Crippen LogP contribution in [0.4, 0.5) is 11.5 Å². The van der Waals surface area contributed by atoms with Gasteiger partial charge >= 0.3 is 0 Å². The summed E-state index contributed by atoms with van der Waals surface area (Å²) in [6.07, 6.45) is 1.18. The highest BCUT2D eigenvalue weighted by Crippen LogP contribution is 2.28. The Morgan fingerprint density at radius 2 is 1.88 bits per heavy atom. The van der Waals surface area contributed by atoms with Crippen molar-refractivity contribution in [2.75, 3.05) is 11.1 Å². The second-order valence-electron chi connectivity index (χ2n) is 8.31. The van der Waals surface area contributed by atoms with E-state index in [9.17, 15) is 14.7 Å². The Balaban J connectivity index is 1.80. The van der Waals surface area contributed by atoms with Gasteiger partial charge in [0.25, 0.3) is 11.8 Å². The average molecular weight is 447 g/mol. The van der Waals surface area contributed by atoms with Crippen LogP contribution in [0, 0.1) is 6.92 Å². The van der Waals surface area contributed by atoms with Gasteiger partial charge in [0, 0.05) is 23.5 Å². The molecule has 7 nitrogen and oxygen atoms in total. The predicted molar refractivity (Wildman–Crippen MR) is 131 cm³/mol. The Morgan fingerprint density at radius 3 is 2.55 bits per heavy atom. The molecule has 2 amide bonds. The average Bonchev–Trinajstić information content (AvgIpc) is 2.78. The molecule has 7 heteroatoms. The van der Waals surface area contributed by atoms with Gasteiger partial charge in [0.1, 0.15) is 5.82 Å². The molecule has 0 bridgehead atoms. The molecule has 0 saturated heterocycles. The second-order valence-corrected chi connectivity index (χ2v) is 8.31. The first-order valence-corrected chi connectivity index (χ1v) is 10.9. The molecular formula is C26H30N4O3. The molecule has 2 aromatic carbocycles. The number of nitrogen functional groups attached to an aromatic ring is 1. The molecule has 1 aromatic heterocycles. The molecule has 3 rings (SSSR count). The number of carbonyl (C=O) groups is 2. The molecule has 3 aromatic rings. The number of hydrogen-bond donors (Lipinski definition) is 4. The van der Waals surface area contributed by atoms with E-state index in [1.165, 1.54) is 0 Å². The van der Waals surface area contributed by atoms with Crippen molar-refractivity contribution in [1.82, 2.24) is 10.3 Å². The third kappa shape index (κ3) is 5.75. The molecule has 0 fully saturated rings. The SMILES string of the molecule is CCc1cccc([C@H](O)C(=O)Nc2ccc(-c3cnc(N)c(C(=O)NC(C)C)c3)c(C)c2)c1. The van der Waals surface area contributed by atoms with Gasteiger partial charge in [-0.15, -0.1) is 0 Å². The first kappa shape index (κ1) is 23.9. The lowest BCUT2D eigenvalue weighted by atomic mass is 9.99. The molecule has 5 N–H and O–H groups in total. The minimum absolute atomic E-state index is 0.0232. The number of pyridine rings is 1. The monoisotopic (exact) mass is 446 g/mol. The van der Waals surface area contributed by atoms with Gasteiger partial charge in [-0.2, -0.15) is 0 Å². The van der Waals surface area contributed by atoms with Gasteiger partial charge in [0.05, 0.1) is 5.56 Å². The number of anilines is 2. The fourth-order valence-electron chi connectivity index (χ4n) is 3.55. The molecule has 0 aliphatic carbocycles. The Hall–Kier alpha value is -3.71. The van der Waals surface area contributed by atoms with Crippen molar-refractivity contribution in [3.05, 3.63) is 77.0 Å². The highest BCUT2D eigenvalue weighted by atomic mass is 16.3. The predicted octanol–water partition coefficient (Wildman–Crippen LogP) is 4.01. The van der Waals surface area contributed by atoms with E-state index in [-0.39, 0.29) is 17.8 Å². The molecule has 33 heavy (non-hydrogen) atoms. The van der Waals surface area contributed by atoms with E-state index in [1.807, 2.05) is 58.0 Å². The number of carbonyl (C=O) groups excluding carboxylic acids is 2. The highest BCUT2D eigenvalue weighted by molar-refractivity contribution is 6.00. The highest BCUT2D eigenvalue weighted by Gasteiger charge is 2.19. The standard InChI is InChI=1S/C26H30N4O3/c1-5-17-7-6-8-18(12-17)23(31)26(33)30-20-9-10-21(16(4)11-20)19-13-22(24(27)28-14-19)25(32)29-15(2)3/h6-15,23,31H,5H2,1-4H3,(H2,27,28)(H,29,32)(H,30,33)/t23-/m0/s1. The van der Waals surface area contributed by atoms with Crippen LogP contribution < -0.4 is 16.4 Å².